The van der Waals surface area contributed by atoms with E-state index < -0.39 is 0 Å². The number of hydrogen-bond acceptors (Lipinski definition) is 4. The molecule has 1 fully saturated rings. The molecule has 0 radical (unpaired) electrons. The van der Waals surface area contributed by atoms with E-state index >= 15 is 0 Å². The molecule has 3 aromatic rings. The van der Waals surface area contributed by atoms with Crippen molar-refractivity contribution >= 4 is 23.3 Å². The number of aromatic nitrogens is 5. The molecule has 0 bridgehead atoms. The molecular formula is C15H18N6. The van der Waals surface area contributed by atoms with Crippen LogP contribution in [0.2, 0.25) is 0 Å². The Morgan fingerprint density at radius 1 is 1.33 bits per heavy atom. The number of fused-ring (bicyclic) bond motifs is 3. The zero-order valence-electron chi connectivity index (χ0n) is 11.9. The van der Waals surface area contributed by atoms with Crippen molar-refractivity contribution in [1.82, 2.24) is 24.8 Å². The van der Waals surface area contributed by atoms with Crippen LogP contribution in [0.5, 0.6) is 0 Å². The Morgan fingerprint density at radius 2 is 2.19 bits per heavy atom. The standard InChI is InChI=1S/C15H18N6/c1-16-8-10-2-4-11(5-3-10)13-14-12-6-7-17-15(12)18-9-21(14)20-19-13/h6-7,9-11,17H,1-5,8H2. The minimum atomic E-state index is 0.490. The molecule has 0 aromatic carbocycles. The second-order valence-corrected chi connectivity index (χ2v) is 5.88. The Labute approximate surface area is 122 Å². The van der Waals surface area contributed by atoms with Crippen LogP contribution >= 0.6 is 0 Å². The predicted molar refractivity (Wildman–Crippen MR) is 81.8 cm³/mol. The van der Waals surface area contributed by atoms with Crippen LogP contribution in [-0.2, 0) is 0 Å². The van der Waals surface area contributed by atoms with Crippen molar-refractivity contribution in [2.24, 2.45) is 10.9 Å². The lowest BCUT2D eigenvalue weighted by Crippen LogP contribution is -2.16. The molecule has 1 N–H and O–H groups in total. The molecule has 6 nitrogen and oxygen atoms in total. The van der Waals surface area contributed by atoms with Gasteiger partial charge in [-0.2, -0.15) is 0 Å². The third-order valence-corrected chi connectivity index (χ3v) is 4.62. The summed E-state index contributed by atoms with van der Waals surface area (Å²) in [4.78, 5) is 11.5. The number of nitrogens with zero attached hydrogens (tertiary/aromatic N) is 5. The summed E-state index contributed by atoms with van der Waals surface area (Å²) >= 11 is 0. The molecule has 6 heteroatoms. The Kier molecular flexibility index (Phi) is 2.94. The topological polar surface area (TPSA) is 71.2 Å². The number of hydrogen-bond donors (Lipinski definition) is 1. The van der Waals surface area contributed by atoms with Gasteiger partial charge in [-0.05, 0) is 44.4 Å². The third-order valence-electron chi connectivity index (χ3n) is 4.62. The third kappa shape index (κ3) is 2.02. The lowest BCUT2D eigenvalue weighted by atomic mass is 9.80. The molecule has 0 saturated heterocycles. The van der Waals surface area contributed by atoms with Gasteiger partial charge < -0.3 is 9.98 Å². The summed E-state index contributed by atoms with van der Waals surface area (Å²) in [6.45, 7) is 4.50. The number of H-pyrrole nitrogens is 1. The van der Waals surface area contributed by atoms with E-state index in [2.05, 4.69) is 38.1 Å². The van der Waals surface area contributed by atoms with Crippen molar-refractivity contribution in [3.05, 3.63) is 24.3 Å². The molecule has 0 atom stereocenters. The quantitative estimate of drug-likeness (QED) is 0.750. The van der Waals surface area contributed by atoms with E-state index in [1.165, 1.54) is 12.8 Å². The maximum Gasteiger partial charge on any atom is 0.141 e. The highest BCUT2D eigenvalue weighted by Crippen LogP contribution is 2.37. The van der Waals surface area contributed by atoms with Gasteiger partial charge in [0.05, 0.1) is 5.69 Å². The van der Waals surface area contributed by atoms with E-state index in [0.717, 1.165) is 41.6 Å². The largest absolute Gasteiger partial charge is 0.346 e. The van der Waals surface area contributed by atoms with Gasteiger partial charge in [0.25, 0.3) is 0 Å². The highest BCUT2D eigenvalue weighted by molar-refractivity contribution is 5.92. The highest BCUT2D eigenvalue weighted by atomic mass is 15.4. The Balaban J connectivity index is 1.71. The van der Waals surface area contributed by atoms with Gasteiger partial charge in [-0.25, -0.2) is 9.50 Å². The zero-order chi connectivity index (χ0) is 14.2. The van der Waals surface area contributed by atoms with Gasteiger partial charge in [0.1, 0.15) is 17.5 Å². The number of aliphatic imine (C=N–C) groups is 1. The van der Waals surface area contributed by atoms with E-state index in [-0.39, 0.29) is 0 Å². The summed E-state index contributed by atoms with van der Waals surface area (Å²) in [7, 11) is 0. The van der Waals surface area contributed by atoms with E-state index in [9.17, 15) is 0 Å². The average Bonchev–Trinajstić information content (AvgIpc) is 3.14. The van der Waals surface area contributed by atoms with Gasteiger partial charge in [-0.15, -0.1) is 5.10 Å². The van der Waals surface area contributed by atoms with Gasteiger partial charge in [-0.1, -0.05) is 5.21 Å². The second-order valence-electron chi connectivity index (χ2n) is 5.88. The first-order valence-electron chi connectivity index (χ1n) is 7.46. The van der Waals surface area contributed by atoms with Gasteiger partial charge in [0.15, 0.2) is 0 Å². The Bertz CT molecular complexity index is 778. The first-order chi connectivity index (χ1) is 10.4. The molecule has 3 heterocycles. The minimum Gasteiger partial charge on any atom is -0.346 e. The first kappa shape index (κ1) is 12.5. The maximum absolute atomic E-state index is 4.44. The summed E-state index contributed by atoms with van der Waals surface area (Å²) in [6, 6.07) is 2.05. The predicted octanol–water partition coefficient (Wildman–Crippen LogP) is 2.58. The van der Waals surface area contributed by atoms with Crippen LogP contribution in [0.15, 0.2) is 23.6 Å². The molecule has 3 aromatic heterocycles. The summed E-state index contributed by atoms with van der Waals surface area (Å²) in [6.07, 6.45) is 8.36. The minimum absolute atomic E-state index is 0.490. The van der Waals surface area contributed by atoms with Crippen molar-refractivity contribution < 1.29 is 0 Å². The Hall–Kier alpha value is -2.24. The molecule has 1 saturated carbocycles. The highest BCUT2D eigenvalue weighted by Gasteiger charge is 2.26. The molecule has 0 aliphatic heterocycles. The van der Waals surface area contributed by atoms with Gasteiger partial charge in [0.2, 0.25) is 0 Å². The van der Waals surface area contributed by atoms with Crippen LogP contribution < -0.4 is 0 Å². The van der Waals surface area contributed by atoms with Crippen molar-refractivity contribution in [3.63, 3.8) is 0 Å². The maximum atomic E-state index is 4.44. The summed E-state index contributed by atoms with van der Waals surface area (Å²) in [5.74, 6) is 1.18. The first-order valence-corrected chi connectivity index (χ1v) is 7.46. The van der Waals surface area contributed by atoms with Gasteiger partial charge >= 0.3 is 0 Å². The van der Waals surface area contributed by atoms with Crippen LogP contribution in [0.4, 0.5) is 0 Å². The molecule has 4 rings (SSSR count). The molecular weight excluding hydrogens is 264 g/mol. The van der Waals surface area contributed by atoms with Gasteiger partial charge in [-0.3, -0.25) is 0 Å². The van der Waals surface area contributed by atoms with E-state index in [0.29, 0.717) is 11.8 Å². The zero-order valence-corrected chi connectivity index (χ0v) is 11.9. The van der Waals surface area contributed by atoms with Gasteiger partial charge in [0, 0.05) is 24.0 Å². The van der Waals surface area contributed by atoms with Crippen molar-refractivity contribution in [1.29, 1.82) is 0 Å². The normalized spacial score (nSPS) is 22.9. The SMILES string of the molecule is C=NCC1CCC(c2nnn3cnc4[nH]ccc4c23)CC1. The lowest BCUT2D eigenvalue weighted by molar-refractivity contribution is 0.331. The van der Waals surface area contributed by atoms with Crippen LogP contribution in [0, 0.1) is 5.92 Å². The fourth-order valence-electron chi connectivity index (χ4n) is 3.49. The number of rotatable bonds is 3. The molecule has 0 unspecified atom stereocenters. The van der Waals surface area contributed by atoms with E-state index in [1.807, 2.05) is 6.20 Å². The van der Waals surface area contributed by atoms with Crippen molar-refractivity contribution in [2.45, 2.75) is 31.6 Å². The molecule has 1 aliphatic carbocycles. The van der Waals surface area contributed by atoms with E-state index in [4.69, 9.17) is 0 Å². The van der Waals surface area contributed by atoms with E-state index in [1.54, 1.807) is 10.8 Å². The fourth-order valence-corrected chi connectivity index (χ4v) is 3.49. The monoisotopic (exact) mass is 282 g/mol. The molecule has 1 aliphatic rings. The smallest absolute Gasteiger partial charge is 0.141 e. The molecule has 0 amide bonds. The molecule has 0 spiro atoms. The summed E-state index contributed by atoms with van der Waals surface area (Å²) in [5, 5.41) is 9.79. The van der Waals surface area contributed by atoms with Crippen molar-refractivity contribution in [2.75, 3.05) is 6.54 Å². The molecule has 108 valence electrons. The second kappa shape index (κ2) is 4.95. The van der Waals surface area contributed by atoms with Crippen LogP contribution in [0.25, 0.3) is 16.6 Å². The van der Waals surface area contributed by atoms with Crippen LogP contribution in [0.1, 0.15) is 37.3 Å². The lowest BCUT2D eigenvalue weighted by Gasteiger charge is -2.26. The van der Waals surface area contributed by atoms with Crippen LogP contribution in [0.3, 0.4) is 0 Å². The van der Waals surface area contributed by atoms with Crippen LogP contribution in [-0.4, -0.2) is 38.1 Å². The molecule has 21 heavy (non-hydrogen) atoms. The fraction of sp³-hybridized carbons (Fsp3) is 0.467. The summed E-state index contributed by atoms with van der Waals surface area (Å²) < 4.78 is 1.79. The van der Waals surface area contributed by atoms with Crippen molar-refractivity contribution in [3.8, 4) is 0 Å². The number of nitrogens with one attached hydrogen (secondary N) is 1. The number of aromatic amines is 1. The summed E-state index contributed by atoms with van der Waals surface area (Å²) in [5.41, 5.74) is 3.12. The average molecular weight is 282 g/mol. The Morgan fingerprint density at radius 3 is 3.00 bits per heavy atom.